The van der Waals surface area contributed by atoms with Crippen LogP contribution in [0, 0.1) is 28.6 Å². The zero-order chi connectivity index (χ0) is 25.9. The summed E-state index contributed by atoms with van der Waals surface area (Å²) in [5, 5.41) is 21.6. The van der Waals surface area contributed by atoms with Crippen LogP contribution in [0.5, 0.6) is 0 Å². The van der Waals surface area contributed by atoms with E-state index < -0.39 is 17.8 Å². The van der Waals surface area contributed by atoms with Crippen LogP contribution in [-0.4, -0.2) is 56.4 Å². The van der Waals surface area contributed by atoms with Gasteiger partial charge in [-0.15, -0.1) is 0 Å². The van der Waals surface area contributed by atoms with E-state index in [0.29, 0.717) is 25.2 Å². The standard InChI is InChI=1S/C23H22F3N9O/c24-23(25,26)15-7-16-17(12-31-20(16)30-11-15)19-14(8-28)10-33-22(34-19)32-9-13-2-5-35(6-3-13)21(36)18(29)1-4-27/h7,10-13,18H,1-3,5-6,9,29H2,(H,30,31)(H,32,33,34)/t18-/m0/s1. The fourth-order valence-electron chi connectivity index (χ4n) is 4.12. The van der Waals surface area contributed by atoms with Crippen LogP contribution in [0.25, 0.3) is 22.3 Å². The summed E-state index contributed by atoms with van der Waals surface area (Å²) in [5.41, 5.74) is 5.69. The molecule has 0 radical (unpaired) electrons. The van der Waals surface area contributed by atoms with E-state index in [1.165, 1.54) is 12.4 Å². The molecule has 0 aromatic carbocycles. The Balaban J connectivity index is 1.48. The Morgan fingerprint density at radius 1 is 1.28 bits per heavy atom. The van der Waals surface area contributed by atoms with Crippen LogP contribution >= 0.6 is 0 Å². The highest BCUT2D eigenvalue weighted by atomic mass is 19.4. The number of H-pyrrole nitrogens is 1. The molecule has 0 bridgehead atoms. The third-order valence-corrected chi connectivity index (χ3v) is 6.13. The van der Waals surface area contributed by atoms with Crippen molar-refractivity contribution in [1.82, 2.24) is 24.8 Å². The maximum Gasteiger partial charge on any atom is 0.417 e. The van der Waals surface area contributed by atoms with E-state index >= 15 is 0 Å². The predicted octanol–water partition coefficient (Wildman–Crippen LogP) is 2.80. The maximum atomic E-state index is 13.2. The number of hydrogen-bond acceptors (Lipinski definition) is 8. The lowest BCUT2D eigenvalue weighted by atomic mass is 9.96. The number of piperidine rings is 1. The third kappa shape index (κ3) is 5.21. The van der Waals surface area contributed by atoms with Crippen LogP contribution in [0.15, 0.2) is 24.7 Å². The van der Waals surface area contributed by atoms with Gasteiger partial charge < -0.3 is 20.9 Å². The van der Waals surface area contributed by atoms with Crippen molar-refractivity contribution in [3.05, 3.63) is 35.8 Å². The van der Waals surface area contributed by atoms with Gasteiger partial charge in [0.1, 0.15) is 11.7 Å². The molecule has 4 rings (SSSR count). The number of likely N-dealkylation sites (tertiary alicyclic amines) is 1. The predicted molar refractivity (Wildman–Crippen MR) is 123 cm³/mol. The van der Waals surface area contributed by atoms with Crippen LogP contribution in [0.2, 0.25) is 0 Å². The number of rotatable bonds is 6. The Morgan fingerprint density at radius 2 is 2.03 bits per heavy atom. The lowest BCUT2D eigenvalue weighted by molar-refractivity contribution is -0.137. The number of anilines is 1. The van der Waals surface area contributed by atoms with Crippen molar-refractivity contribution in [2.75, 3.05) is 25.0 Å². The number of fused-ring (bicyclic) bond motifs is 1. The number of amides is 1. The lowest BCUT2D eigenvalue weighted by Gasteiger charge is -2.33. The van der Waals surface area contributed by atoms with Gasteiger partial charge in [0.2, 0.25) is 11.9 Å². The second-order valence-electron chi connectivity index (χ2n) is 8.51. The number of nitrogens with two attached hydrogens (primary N) is 1. The van der Waals surface area contributed by atoms with Crippen molar-refractivity contribution in [3.63, 3.8) is 0 Å². The molecule has 0 aliphatic carbocycles. The lowest BCUT2D eigenvalue weighted by Crippen LogP contribution is -2.47. The highest BCUT2D eigenvalue weighted by Crippen LogP contribution is 2.34. The van der Waals surface area contributed by atoms with E-state index in [-0.39, 0.29) is 46.5 Å². The van der Waals surface area contributed by atoms with Gasteiger partial charge in [0.15, 0.2) is 0 Å². The van der Waals surface area contributed by atoms with Crippen molar-refractivity contribution < 1.29 is 18.0 Å². The minimum atomic E-state index is -4.56. The molecule has 1 aliphatic heterocycles. The highest BCUT2D eigenvalue weighted by Gasteiger charge is 2.32. The molecule has 13 heteroatoms. The van der Waals surface area contributed by atoms with Gasteiger partial charge in [-0.25, -0.2) is 15.0 Å². The molecule has 1 atom stereocenters. The molecule has 186 valence electrons. The van der Waals surface area contributed by atoms with Crippen LogP contribution in [0.4, 0.5) is 19.1 Å². The molecule has 3 aromatic rings. The van der Waals surface area contributed by atoms with Crippen molar-refractivity contribution in [1.29, 1.82) is 10.5 Å². The smallest absolute Gasteiger partial charge is 0.354 e. The van der Waals surface area contributed by atoms with E-state index in [0.717, 1.165) is 25.1 Å². The Morgan fingerprint density at radius 3 is 2.69 bits per heavy atom. The summed E-state index contributed by atoms with van der Waals surface area (Å²) in [6.07, 6.45) is 0.384. The largest absolute Gasteiger partial charge is 0.417 e. The van der Waals surface area contributed by atoms with E-state index in [9.17, 15) is 23.2 Å². The van der Waals surface area contributed by atoms with E-state index in [4.69, 9.17) is 11.0 Å². The van der Waals surface area contributed by atoms with Crippen LogP contribution in [0.3, 0.4) is 0 Å². The first-order valence-electron chi connectivity index (χ1n) is 11.2. The number of nitriles is 2. The summed E-state index contributed by atoms with van der Waals surface area (Å²) >= 11 is 0. The Bertz CT molecular complexity index is 1350. The Kier molecular flexibility index (Phi) is 7.03. The minimum absolute atomic E-state index is 0.0251. The number of alkyl halides is 3. The van der Waals surface area contributed by atoms with E-state index in [2.05, 4.69) is 25.3 Å². The molecule has 0 unspecified atom stereocenters. The van der Waals surface area contributed by atoms with Crippen molar-refractivity contribution in [2.45, 2.75) is 31.5 Å². The van der Waals surface area contributed by atoms with Gasteiger partial charge in [0.25, 0.3) is 0 Å². The summed E-state index contributed by atoms with van der Waals surface area (Å²) in [4.78, 5) is 29.2. The van der Waals surface area contributed by atoms with Gasteiger partial charge in [-0.05, 0) is 24.8 Å². The zero-order valence-electron chi connectivity index (χ0n) is 19.0. The number of aromatic nitrogens is 4. The number of carbonyl (C=O) groups is 1. The van der Waals surface area contributed by atoms with Crippen LogP contribution in [0.1, 0.15) is 30.4 Å². The molecular formula is C23H22F3N9O. The average Bonchev–Trinajstić information content (AvgIpc) is 3.30. The second kappa shape index (κ2) is 10.2. The molecule has 10 nitrogen and oxygen atoms in total. The van der Waals surface area contributed by atoms with Crippen molar-refractivity contribution in [2.24, 2.45) is 11.7 Å². The summed E-state index contributed by atoms with van der Waals surface area (Å²) < 4.78 is 39.6. The number of nitrogens with zero attached hydrogens (tertiary/aromatic N) is 6. The molecule has 1 aliphatic rings. The van der Waals surface area contributed by atoms with Gasteiger partial charge in [0, 0.05) is 43.0 Å². The molecule has 4 N–H and O–H groups in total. The fraction of sp³-hybridized carbons (Fsp3) is 0.391. The molecule has 4 heterocycles. The first-order chi connectivity index (χ1) is 17.2. The van der Waals surface area contributed by atoms with Crippen molar-refractivity contribution in [3.8, 4) is 23.4 Å². The van der Waals surface area contributed by atoms with Gasteiger partial charge in [-0.3, -0.25) is 4.79 Å². The summed E-state index contributed by atoms with van der Waals surface area (Å²) in [6, 6.07) is 4.04. The molecule has 3 aromatic heterocycles. The molecule has 36 heavy (non-hydrogen) atoms. The third-order valence-electron chi connectivity index (χ3n) is 6.13. The monoisotopic (exact) mass is 497 g/mol. The first kappa shape index (κ1) is 24.9. The average molecular weight is 497 g/mol. The SMILES string of the molecule is N#CC[C@H](N)C(=O)N1CCC(CNc2ncc(C#N)c(-c3c[nH]c4ncc(C(F)(F)F)cc34)n2)CC1. The van der Waals surface area contributed by atoms with Gasteiger partial charge in [0.05, 0.1) is 41.5 Å². The van der Waals surface area contributed by atoms with Gasteiger partial charge >= 0.3 is 6.18 Å². The minimum Gasteiger partial charge on any atom is -0.354 e. The Hall–Kier alpha value is -4.23. The molecule has 1 amide bonds. The number of aromatic amines is 1. The maximum absolute atomic E-state index is 13.2. The number of halogens is 3. The van der Waals surface area contributed by atoms with Gasteiger partial charge in [-0.1, -0.05) is 0 Å². The molecular weight excluding hydrogens is 475 g/mol. The quantitative estimate of drug-likeness (QED) is 0.469. The normalized spacial score (nSPS) is 15.3. The Labute approximate surface area is 204 Å². The number of hydrogen-bond donors (Lipinski definition) is 3. The topological polar surface area (TPSA) is 160 Å². The van der Waals surface area contributed by atoms with Crippen LogP contribution < -0.4 is 11.1 Å². The second-order valence-corrected chi connectivity index (χ2v) is 8.51. The van der Waals surface area contributed by atoms with Crippen LogP contribution in [-0.2, 0) is 11.0 Å². The first-order valence-corrected chi connectivity index (χ1v) is 11.2. The molecule has 1 fully saturated rings. The molecule has 0 spiro atoms. The zero-order valence-corrected chi connectivity index (χ0v) is 19.0. The highest BCUT2D eigenvalue weighted by molar-refractivity contribution is 5.94. The fourth-order valence-corrected chi connectivity index (χ4v) is 4.12. The van der Waals surface area contributed by atoms with Gasteiger partial charge in [-0.2, -0.15) is 23.7 Å². The van der Waals surface area contributed by atoms with E-state index in [1.807, 2.05) is 12.1 Å². The summed E-state index contributed by atoms with van der Waals surface area (Å²) in [7, 11) is 0. The van der Waals surface area contributed by atoms with Crippen molar-refractivity contribution >= 4 is 22.9 Å². The summed E-state index contributed by atoms with van der Waals surface area (Å²) in [6.45, 7) is 1.55. The summed E-state index contributed by atoms with van der Waals surface area (Å²) in [5.74, 6) is 0.216. The van der Waals surface area contributed by atoms with E-state index in [1.54, 1.807) is 4.90 Å². The number of carbonyl (C=O) groups excluding carboxylic acids is 1. The molecule has 0 saturated carbocycles. The number of pyridine rings is 1. The number of nitrogens with one attached hydrogen (secondary N) is 2. The molecule has 1 saturated heterocycles.